The first-order chi connectivity index (χ1) is 11.7. The van der Waals surface area contributed by atoms with Crippen LogP contribution in [-0.4, -0.2) is 38.4 Å². The predicted molar refractivity (Wildman–Crippen MR) is 103 cm³/mol. The highest BCUT2D eigenvalue weighted by Gasteiger charge is 2.14. The van der Waals surface area contributed by atoms with Crippen LogP contribution in [0.1, 0.15) is 46.1 Å². The lowest BCUT2D eigenvalue weighted by atomic mass is 9.89. The molecule has 0 saturated carbocycles. The third-order valence-electron chi connectivity index (χ3n) is 3.93. The van der Waals surface area contributed by atoms with Gasteiger partial charge in [-0.05, 0) is 42.9 Å². The lowest BCUT2D eigenvalue weighted by Crippen LogP contribution is -2.42. The number of phenolic OH excluding ortho intramolecular Hbond substituents is 1. The number of hydrogen-bond donors (Lipinski definition) is 3. The van der Waals surface area contributed by atoms with Crippen LogP contribution in [0.3, 0.4) is 0 Å². The highest BCUT2D eigenvalue weighted by molar-refractivity contribution is 5.79. The maximum atomic E-state index is 9.97. The zero-order chi connectivity index (χ0) is 19.0. The number of hydrogen-bond acceptors (Lipinski definition) is 4. The lowest BCUT2D eigenvalue weighted by molar-refractivity contribution is 0.339. The van der Waals surface area contributed by atoms with Crippen molar-refractivity contribution in [2.75, 3.05) is 21.3 Å². The fraction of sp³-hybridized carbons (Fsp3) is 0.632. The third kappa shape index (κ3) is 7.11. The summed E-state index contributed by atoms with van der Waals surface area (Å²) >= 11 is 0. The van der Waals surface area contributed by atoms with E-state index in [0.717, 1.165) is 24.4 Å². The van der Waals surface area contributed by atoms with Crippen LogP contribution in [0.4, 0.5) is 0 Å². The molecule has 0 fully saturated rings. The molecule has 0 bridgehead atoms. The Morgan fingerprint density at radius 2 is 1.76 bits per heavy atom. The molecule has 25 heavy (non-hydrogen) atoms. The number of phenols is 1. The largest absolute Gasteiger partial charge is 0.502 e. The Morgan fingerprint density at radius 1 is 1.20 bits per heavy atom. The molecule has 1 rings (SSSR count). The summed E-state index contributed by atoms with van der Waals surface area (Å²) in [5, 5.41) is 16.7. The first-order valence-corrected chi connectivity index (χ1v) is 8.61. The molecule has 0 aromatic heterocycles. The number of aromatic hydroxyl groups is 1. The minimum atomic E-state index is 0.00654. The molecule has 0 aliphatic rings. The molecule has 1 atom stereocenters. The van der Waals surface area contributed by atoms with Crippen LogP contribution in [0.2, 0.25) is 0 Å². The Bertz CT molecular complexity index is 555. The molecule has 3 N–H and O–H groups in total. The van der Waals surface area contributed by atoms with Crippen LogP contribution in [0.25, 0.3) is 0 Å². The van der Waals surface area contributed by atoms with Crippen LogP contribution >= 0.6 is 0 Å². The van der Waals surface area contributed by atoms with Crippen molar-refractivity contribution in [1.29, 1.82) is 0 Å². The molecular weight excluding hydrogens is 318 g/mol. The topological polar surface area (TPSA) is 75.1 Å². The summed E-state index contributed by atoms with van der Waals surface area (Å²) in [7, 11) is 4.79. The Labute approximate surface area is 151 Å². The first kappa shape index (κ1) is 20.9. The molecule has 0 aliphatic heterocycles. The second-order valence-corrected chi connectivity index (χ2v) is 7.42. The number of guanidine groups is 1. The SMILES string of the molecule is CN=C(NCc1cc(OC)c(O)c(OC)c1)NC(C)CCC(C)(C)C. The van der Waals surface area contributed by atoms with Gasteiger partial charge in [0.2, 0.25) is 5.75 Å². The fourth-order valence-corrected chi connectivity index (χ4v) is 2.39. The van der Waals surface area contributed by atoms with Crippen molar-refractivity contribution in [2.45, 2.75) is 53.1 Å². The molecule has 0 radical (unpaired) electrons. The molecule has 6 nitrogen and oxygen atoms in total. The zero-order valence-electron chi connectivity index (χ0n) is 16.6. The van der Waals surface area contributed by atoms with Crippen LogP contribution < -0.4 is 20.1 Å². The first-order valence-electron chi connectivity index (χ1n) is 8.61. The molecule has 6 heteroatoms. The van der Waals surface area contributed by atoms with Crippen molar-refractivity contribution < 1.29 is 14.6 Å². The van der Waals surface area contributed by atoms with Crippen molar-refractivity contribution in [1.82, 2.24) is 10.6 Å². The smallest absolute Gasteiger partial charge is 0.200 e. The van der Waals surface area contributed by atoms with E-state index in [1.807, 2.05) is 0 Å². The number of methoxy groups -OCH3 is 2. The quantitative estimate of drug-likeness (QED) is 0.519. The number of ether oxygens (including phenoxy) is 2. The van der Waals surface area contributed by atoms with Gasteiger partial charge in [0.1, 0.15) is 0 Å². The molecule has 0 aliphatic carbocycles. The molecule has 0 amide bonds. The molecule has 142 valence electrons. The van der Waals surface area contributed by atoms with Crippen LogP contribution in [0, 0.1) is 5.41 Å². The van der Waals surface area contributed by atoms with Gasteiger partial charge >= 0.3 is 0 Å². The van der Waals surface area contributed by atoms with E-state index in [-0.39, 0.29) is 5.75 Å². The summed E-state index contributed by atoms with van der Waals surface area (Å²) in [6, 6.07) is 3.89. The zero-order valence-corrected chi connectivity index (χ0v) is 16.6. The van der Waals surface area contributed by atoms with Crippen molar-refractivity contribution in [3.05, 3.63) is 17.7 Å². The van der Waals surface area contributed by atoms with Crippen LogP contribution in [0.5, 0.6) is 17.2 Å². The van der Waals surface area contributed by atoms with Gasteiger partial charge in [0, 0.05) is 19.6 Å². The van der Waals surface area contributed by atoms with Gasteiger partial charge in [-0.3, -0.25) is 4.99 Å². The van der Waals surface area contributed by atoms with Crippen molar-refractivity contribution in [3.63, 3.8) is 0 Å². The van der Waals surface area contributed by atoms with Gasteiger partial charge in [0.15, 0.2) is 17.5 Å². The highest BCUT2D eigenvalue weighted by Crippen LogP contribution is 2.37. The second-order valence-electron chi connectivity index (χ2n) is 7.42. The van der Waals surface area contributed by atoms with Crippen molar-refractivity contribution >= 4 is 5.96 Å². The van der Waals surface area contributed by atoms with Gasteiger partial charge in [0.25, 0.3) is 0 Å². The molecule has 1 aromatic rings. The van der Waals surface area contributed by atoms with E-state index >= 15 is 0 Å². The summed E-state index contributed by atoms with van der Waals surface area (Å²) in [6.07, 6.45) is 2.22. The van der Waals surface area contributed by atoms with E-state index in [9.17, 15) is 5.11 Å². The number of benzene rings is 1. The maximum absolute atomic E-state index is 9.97. The monoisotopic (exact) mass is 351 g/mol. The Balaban J connectivity index is 2.66. The van der Waals surface area contributed by atoms with E-state index in [1.165, 1.54) is 14.2 Å². The van der Waals surface area contributed by atoms with E-state index in [2.05, 4.69) is 43.3 Å². The van der Waals surface area contributed by atoms with Crippen molar-refractivity contribution in [3.8, 4) is 17.2 Å². The van der Waals surface area contributed by atoms with Gasteiger partial charge in [-0.2, -0.15) is 0 Å². The summed E-state index contributed by atoms with van der Waals surface area (Å²) < 4.78 is 10.4. The Hall–Kier alpha value is -2.11. The second kappa shape index (κ2) is 9.39. The number of rotatable bonds is 7. The van der Waals surface area contributed by atoms with E-state index in [4.69, 9.17) is 9.47 Å². The molecular formula is C19H33N3O3. The Morgan fingerprint density at radius 3 is 2.20 bits per heavy atom. The summed E-state index contributed by atoms with van der Waals surface area (Å²) in [6.45, 7) is 9.44. The normalized spacial score (nSPS) is 13.3. The summed E-state index contributed by atoms with van der Waals surface area (Å²) in [5.41, 5.74) is 1.25. The average Bonchev–Trinajstić information content (AvgIpc) is 2.56. The molecule has 0 spiro atoms. The van der Waals surface area contributed by atoms with E-state index in [1.54, 1.807) is 19.2 Å². The van der Waals surface area contributed by atoms with Gasteiger partial charge in [-0.15, -0.1) is 0 Å². The van der Waals surface area contributed by atoms with Gasteiger partial charge in [-0.25, -0.2) is 0 Å². The highest BCUT2D eigenvalue weighted by atomic mass is 16.5. The van der Waals surface area contributed by atoms with E-state index < -0.39 is 0 Å². The average molecular weight is 351 g/mol. The number of nitrogens with zero attached hydrogens (tertiary/aromatic N) is 1. The van der Waals surface area contributed by atoms with Gasteiger partial charge in [-0.1, -0.05) is 20.8 Å². The molecule has 0 heterocycles. The molecule has 1 aromatic carbocycles. The van der Waals surface area contributed by atoms with Crippen LogP contribution in [0.15, 0.2) is 17.1 Å². The standard InChI is InChI=1S/C19H33N3O3/c1-13(8-9-19(2,3)4)22-18(20-5)21-12-14-10-15(24-6)17(23)16(11-14)25-7/h10-11,13,23H,8-9,12H2,1-7H3,(H2,20,21,22). The lowest BCUT2D eigenvalue weighted by Gasteiger charge is -2.23. The minimum Gasteiger partial charge on any atom is -0.502 e. The van der Waals surface area contributed by atoms with Crippen molar-refractivity contribution in [2.24, 2.45) is 10.4 Å². The molecule has 0 saturated heterocycles. The summed E-state index contributed by atoms with van der Waals surface area (Å²) in [4.78, 5) is 4.27. The number of nitrogens with one attached hydrogen (secondary N) is 2. The third-order valence-corrected chi connectivity index (χ3v) is 3.93. The predicted octanol–water partition coefficient (Wildman–Crippen LogP) is 3.29. The fourth-order valence-electron chi connectivity index (χ4n) is 2.39. The van der Waals surface area contributed by atoms with Gasteiger partial charge in [0.05, 0.1) is 14.2 Å². The van der Waals surface area contributed by atoms with Gasteiger partial charge < -0.3 is 25.2 Å². The Kier molecular flexibility index (Phi) is 7.87. The maximum Gasteiger partial charge on any atom is 0.200 e. The summed E-state index contributed by atoms with van der Waals surface area (Å²) in [5.74, 6) is 1.52. The molecule has 1 unspecified atom stereocenters. The van der Waals surface area contributed by atoms with Crippen LogP contribution in [-0.2, 0) is 6.54 Å². The minimum absolute atomic E-state index is 0.00654. The van der Waals surface area contributed by atoms with E-state index in [0.29, 0.717) is 29.5 Å². The number of aliphatic imine (C=N–C) groups is 1.